The molecule has 2 aliphatic rings. The van der Waals surface area contributed by atoms with E-state index in [0.29, 0.717) is 6.10 Å². The molecule has 2 saturated heterocycles. The van der Waals surface area contributed by atoms with Crippen LogP contribution in [0.15, 0.2) is 42.5 Å². The highest BCUT2D eigenvalue weighted by molar-refractivity contribution is 7.12. The molecule has 1 aromatic carbocycles. The Morgan fingerprint density at radius 3 is 2.71 bits per heavy atom. The van der Waals surface area contributed by atoms with Crippen LogP contribution < -0.4 is 4.90 Å². The highest BCUT2D eigenvalue weighted by Gasteiger charge is 2.20. The summed E-state index contributed by atoms with van der Waals surface area (Å²) < 4.78 is 5.82. The topological polar surface area (TPSA) is 15.7 Å². The summed E-state index contributed by atoms with van der Waals surface area (Å²) in [5.74, 6) is 0. The predicted molar refractivity (Wildman–Crippen MR) is 101 cm³/mol. The summed E-state index contributed by atoms with van der Waals surface area (Å²) in [5, 5.41) is 0. The van der Waals surface area contributed by atoms with Crippen LogP contribution in [-0.2, 0) is 11.3 Å². The summed E-state index contributed by atoms with van der Waals surface area (Å²) in [7, 11) is 0. The number of thiophene rings is 1. The summed E-state index contributed by atoms with van der Waals surface area (Å²) in [6, 6.07) is 15.4. The Bertz CT molecular complexity index is 636. The second-order valence-electron chi connectivity index (χ2n) is 6.76. The van der Waals surface area contributed by atoms with E-state index >= 15 is 0 Å². The fourth-order valence-corrected chi connectivity index (χ4v) is 4.84. The van der Waals surface area contributed by atoms with Crippen molar-refractivity contribution in [3.8, 4) is 0 Å². The Morgan fingerprint density at radius 2 is 1.88 bits per heavy atom. The van der Waals surface area contributed by atoms with Gasteiger partial charge in [0.15, 0.2) is 0 Å². The first kappa shape index (κ1) is 16.1. The molecule has 24 heavy (non-hydrogen) atoms. The number of hydrogen-bond donors (Lipinski definition) is 0. The number of hydrogen-bond acceptors (Lipinski definition) is 4. The van der Waals surface area contributed by atoms with E-state index < -0.39 is 0 Å². The SMILES string of the molecule is c1ccc(N2CCCN(Cc3ccc([C@H]4CCCO4)s3)CC2)cc1. The first-order valence-corrected chi connectivity index (χ1v) is 9.93. The largest absolute Gasteiger partial charge is 0.373 e. The Labute approximate surface area is 148 Å². The normalized spacial score (nSPS) is 22.7. The van der Waals surface area contributed by atoms with Crippen LogP contribution in [0.5, 0.6) is 0 Å². The van der Waals surface area contributed by atoms with Crippen LogP contribution in [0.4, 0.5) is 5.69 Å². The number of benzene rings is 1. The highest BCUT2D eigenvalue weighted by atomic mass is 32.1. The van der Waals surface area contributed by atoms with Crippen molar-refractivity contribution in [2.24, 2.45) is 0 Å². The van der Waals surface area contributed by atoms with Gasteiger partial charge < -0.3 is 9.64 Å². The summed E-state index contributed by atoms with van der Waals surface area (Å²) in [4.78, 5) is 8.03. The van der Waals surface area contributed by atoms with Gasteiger partial charge in [0, 0.05) is 54.8 Å². The van der Waals surface area contributed by atoms with Crippen molar-refractivity contribution in [2.75, 3.05) is 37.7 Å². The lowest BCUT2D eigenvalue weighted by atomic mass is 10.2. The van der Waals surface area contributed by atoms with Crippen LogP contribution in [0.1, 0.15) is 35.1 Å². The van der Waals surface area contributed by atoms with Gasteiger partial charge >= 0.3 is 0 Å². The van der Waals surface area contributed by atoms with Crippen molar-refractivity contribution in [3.63, 3.8) is 0 Å². The number of ether oxygens (including phenoxy) is 1. The minimum atomic E-state index is 0.362. The molecule has 0 unspecified atom stereocenters. The van der Waals surface area contributed by atoms with Crippen LogP contribution in [0, 0.1) is 0 Å². The third kappa shape index (κ3) is 3.82. The van der Waals surface area contributed by atoms with E-state index in [2.05, 4.69) is 52.3 Å². The van der Waals surface area contributed by atoms with Gasteiger partial charge in [0.25, 0.3) is 0 Å². The zero-order chi connectivity index (χ0) is 16.2. The molecule has 1 aromatic heterocycles. The van der Waals surface area contributed by atoms with Gasteiger partial charge in [-0.3, -0.25) is 4.90 Å². The van der Waals surface area contributed by atoms with Gasteiger partial charge in [0.1, 0.15) is 0 Å². The van der Waals surface area contributed by atoms with E-state index in [-0.39, 0.29) is 0 Å². The van der Waals surface area contributed by atoms with Crippen LogP contribution in [-0.4, -0.2) is 37.7 Å². The molecular weight excluding hydrogens is 316 g/mol. The Balaban J connectivity index is 1.34. The molecule has 4 heteroatoms. The fourth-order valence-electron chi connectivity index (χ4n) is 3.70. The van der Waals surface area contributed by atoms with Gasteiger partial charge in [-0.2, -0.15) is 0 Å². The third-order valence-electron chi connectivity index (χ3n) is 5.02. The van der Waals surface area contributed by atoms with Crippen molar-refractivity contribution < 1.29 is 4.74 Å². The van der Waals surface area contributed by atoms with Gasteiger partial charge in [-0.25, -0.2) is 0 Å². The molecule has 0 amide bonds. The Morgan fingerprint density at radius 1 is 0.958 bits per heavy atom. The van der Waals surface area contributed by atoms with Crippen LogP contribution in [0.25, 0.3) is 0 Å². The minimum Gasteiger partial charge on any atom is -0.373 e. The minimum absolute atomic E-state index is 0.362. The molecule has 0 saturated carbocycles. The van der Waals surface area contributed by atoms with Gasteiger partial charge in [0.2, 0.25) is 0 Å². The van der Waals surface area contributed by atoms with E-state index in [1.54, 1.807) is 0 Å². The van der Waals surface area contributed by atoms with E-state index in [4.69, 9.17) is 4.74 Å². The van der Waals surface area contributed by atoms with E-state index in [1.165, 1.54) is 41.2 Å². The number of nitrogens with zero attached hydrogens (tertiary/aromatic N) is 2. The Hall–Kier alpha value is -1.36. The molecular formula is C20H26N2OS. The van der Waals surface area contributed by atoms with Crippen molar-refractivity contribution >= 4 is 17.0 Å². The first-order valence-electron chi connectivity index (χ1n) is 9.11. The fraction of sp³-hybridized carbons (Fsp3) is 0.500. The predicted octanol–water partition coefficient (Wildman–Crippen LogP) is 4.31. The maximum atomic E-state index is 5.82. The molecule has 0 radical (unpaired) electrons. The van der Waals surface area contributed by atoms with Crippen molar-refractivity contribution in [3.05, 3.63) is 52.2 Å². The van der Waals surface area contributed by atoms with Crippen molar-refractivity contribution in [2.45, 2.75) is 31.9 Å². The van der Waals surface area contributed by atoms with E-state index in [1.807, 2.05) is 11.3 Å². The van der Waals surface area contributed by atoms with Gasteiger partial charge in [-0.05, 0) is 43.5 Å². The van der Waals surface area contributed by atoms with E-state index in [0.717, 1.165) is 32.8 Å². The van der Waals surface area contributed by atoms with Crippen LogP contribution in [0.3, 0.4) is 0 Å². The van der Waals surface area contributed by atoms with Crippen molar-refractivity contribution in [1.82, 2.24) is 4.90 Å². The first-order chi connectivity index (χ1) is 11.9. The van der Waals surface area contributed by atoms with Crippen LogP contribution >= 0.6 is 11.3 Å². The number of anilines is 1. The molecule has 0 aliphatic carbocycles. The summed E-state index contributed by atoms with van der Waals surface area (Å²) in [6.45, 7) is 6.62. The molecule has 4 rings (SSSR count). The quantitative estimate of drug-likeness (QED) is 0.823. The second-order valence-corrected chi connectivity index (χ2v) is 7.96. The van der Waals surface area contributed by atoms with Gasteiger partial charge in [-0.15, -0.1) is 11.3 Å². The molecule has 2 fully saturated rings. The summed E-state index contributed by atoms with van der Waals surface area (Å²) in [6.07, 6.45) is 4.00. The maximum Gasteiger partial charge on any atom is 0.0917 e. The standard InChI is InChI=1S/C20H26N2OS/c1-2-6-17(7-3-1)22-12-5-11-21(13-14-22)16-18-9-10-20(24-18)19-8-4-15-23-19/h1-3,6-7,9-10,19H,4-5,8,11-16H2/t19-/m1/s1. The molecule has 0 bridgehead atoms. The van der Waals surface area contributed by atoms with E-state index in [9.17, 15) is 0 Å². The lowest BCUT2D eigenvalue weighted by Crippen LogP contribution is -2.30. The lowest BCUT2D eigenvalue weighted by molar-refractivity contribution is 0.114. The zero-order valence-corrected chi connectivity index (χ0v) is 15.0. The average molecular weight is 343 g/mol. The molecule has 0 spiro atoms. The molecule has 2 aromatic rings. The van der Waals surface area contributed by atoms with Gasteiger partial charge in [0.05, 0.1) is 6.10 Å². The second kappa shape index (κ2) is 7.68. The molecule has 3 nitrogen and oxygen atoms in total. The Kier molecular flexibility index (Phi) is 5.16. The number of rotatable bonds is 4. The molecule has 128 valence electrons. The maximum absolute atomic E-state index is 5.82. The number of para-hydroxylation sites is 1. The monoisotopic (exact) mass is 342 g/mol. The molecule has 0 N–H and O–H groups in total. The summed E-state index contributed by atoms with van der Waals surface area (Å²) >= 11 is 1.95. The van der Waals surface area contributed by atoms with Crippen LogP contribution in [0.2, 0.25) is 0 Å². The average Bonchev–Trinajstić information content (AvgIpc) is 3.25. The molecule has 2 aliphatic heterocycles. The smallest absolute Gasteiger partial charge is 0.0917 e. The van der Waals surface area contributed by atoms with Crippen molar-refractivity contribution in [1.29, 1.82) is 0 Å². The lowest BCUT2D eigenvalue weighted by Gasteiger charge is -2.23. The summed E-state index contributed by atoms with van der Waals surface area (Å²) in [5.41, 5.74) is 1.36. The third-order valence-corrected chi connectivity index (χ3v) is 6.18. The van der Waals surface area contributed by atoms with Gasteiger partial charge in [-0.1, -0.05) is 18.2 Å². The zero-order valence-electron chi connectivity index (χ0n) is 14.2. The molecule has 1 atom stereocenters. The highest BCUT2D eigenvalue weighted by Crippen LogP contribution is 2.33. The molecule has 3 heterocycles.